The number of carbonyl (C=O) groups excluding carboxylic acids is 1. The third kappa shape index (κ3) is 7.34. The van der Waals surface area contributed by atoms with Crippen LogP contribution in [0.5, 0.6) is 0 Å². The van der Waals surface area contributed by atoms with Gasteiger partial charge in [-0.1, -0.05) is 29.8 Å². The molecule has 0 fully saturated rings. The van der Waals surface area contributed by atoms with Gasteiger partial charge < -0.3 is 15.4 Å². The molecule has 0 radical (unpaired) electrons. The van der Waals surface area contributed by atoms with E-state index in [1.165, 1.54) is 11.1 Å². The third-order valence-corrected chi connectivity index (χ3v) is 2.92. The van der Waals surface area contributed by atoms with Gasteiger partial charge in [0.25, 0.3) is 0 Å². The molecule has 0 aliphatic carbocycles. The summed E-state index contributed by atoms with van der Waals surface area (Å²) in [6, 6.07) is 8.34. The lowest BCUT2D eigenvalue weighted by atomic mass is 10.1. The lowest BCUT2D eigenvalue weighted by Gasteiger charge is -2.12. The van der Waals surface area contributed by atoms with E-state index in [-0.39, 0.29) is 5.97 Å². The van der Waals surface area contributed by atoms with Crippen LogP contribution in [0.4, 0.5) is 0 Å². The summed E-state index contributed by atoms with van der Waals surface area (Å²) < 4.78 is 4.88. The van der Waals surface area contributed by atoms with Gasteiger partial charge in [0.05, 0.1) is 6.61 Å². The maximum absolute atomic E-state index is 11.2. The van der Waals surface area contributed by atoms with E-state index in [1.54, 1.807) is 7.05 Å². The molecule has 0 aromatic heterocycles. The Bertz CT molecular complexity index is 472. The van der Waals surface area contributed by atoms with Gasteiger partial charge in [-0.15, -0.1) is 0 Å². The quantitative estimate of drug-likeness (QED) is 0.349. The van der Waals surface area contributed by atoms with Gasteiger partial charge in [-0.2, -0.15) is 0 Å². The zero-order valence-electron chi connectivity index (χ0n) is 13.1. The van der Waals surface area contributed by atoms with Crippen molar-refractivity contribution < 1.29 is 9.53 Å². The van der Waals surface area contributed by atoms with Crippen molar-refractivity contribution in [3.8, 4) is 0 Å². The summed E-state index contributed by atoms with van der Waals surface area (Å²) in [7, 11) is 1.73. The van der Waals surface area contributed by atoms with Crippen molar-refractivity contribution in [2.45, 2.75) is 33.2 Å². The predicted molar refractivity (Wildman–Crippen MR) is 85.2 cm³/mol. The first-order valence-corrected chi connectivity index (χ1v) is 7.31. The van der Waals surface area contributed by atoms with Crippen LogP contribution < -0.4 is 10.6 Å². The molecule has 0 atom stereocenters. The van der Waals surface area contributed by atoms with Crippen LogP contribution in [-0.4, -0.2) is 32.1 Å². The molecule has 0 bridgehead atoms. The Labute approximate surface area is 126 Å². The SMILES string of the molecule is CCOC(=O)CCCNC(=NC)NCc1cccc(C)c1. The monoisotopic (exact) mass is 291 g/mol. The fourth-order valence-corrected chi connectivity index (χ4v) is 1.90. The van der Waals surface area contributed by atoms with E-state index in [9.17, 15) is 4.79 Å². The van der Waals surface area contributed by atoms with E-state index in [0.29, 0.717) is 19.6 Å². The third-order valence-electron chi connectivity index (χ3n) is 2.92. The normalized spacial score (nSPS) is 11.1. The Morgan fingerprint density at radius 1 is 1.33 bits per heavy atom. The number of hydrogen-bond acceptors (Lipinski definition) is 3. The second-order valence-electron chi connectivity index (χ2n) is 4.75. The van der Waals surface area contributed by atoms with Crippen LogP contribution in [0.2, 0.25) is 0 Å². The second-order valence-corrected chi connectivity index (χ2v) is 4.75. The Morgan fingerprint density at radius 3 is 2.81 bits per heavy atom. The number of ether oxygens (including phenoxy) is 1. The summed E-state index contributed by atoms with van der Waals surface area (Å²) in [5.74, 6) is 0.586. The van der Waals surface area contributed by atoms with Gasteiger partial charge in [-0.05, 0) is 25.8 Å². The van der Waals surface area contributed by atoms with Crippen molar-refractivity contribution in [1.82, 2.24) is 10.6 Å². The lowest BCUT2D eigenvalue weighted by molar-refractivity contribution is -0.143. The highest BCUT2D eigenvalue weighted by molar-refractivity contribution is 5.79. The van der Waals surface area contributed by atoms with E-state index in [0.717, 1.165) is 18.9 Å². The van der Waals surface area contributed by atoms with Gasteiger partial charge >= 0.3 is 5.97 Å². The van der Waals surface area contributed by atoms with E-state index < -0.39 is 0 Å². The number of nitrogens with one attached hydrogen (secondary N) is 2. The summed E-state index contributed by atoms with van der Waals surface area (Å²) in [6.45, 7) is 5.73. The van der Waals surface area contributed by atoms with Crippen LogP contribution in [-0.2, 0) is 16.1 Å². The Hall–Kier alpha value is -2.04. The number of aryl methyl sites for hydroxylation is 1. The van der Waals surface area contributed by atoms with Gasteiger partial charge in [0.15, 0.2) is 5.96 Å². The van der Waals surface area contributed by atoms with E-state index >= 15 is 0 Å². The minimum Gasteiger partial charge on any atom is -0.466 e. The largest absolute Gasteiger partial charge is 0.466 e. The highest BCUT2D eigenvalue weighted by Gasteiger charge is 2.02. The van der Waals surface area contributed by atoms with Crippen molar-refractivity contribution in [3.05, 3.63) is 35.4 Å². The molecular formula is C16H25N3O2. The smallest absolute Gasteiger partial charge is 0.305 e. The average molecular weight is 291 g/mol. The second kappa shape index (κ2) is 9.80. The van der Waals surface area contributed by atoms with Crippen molar-refractivity contribution >= 4 is 11.9 Å². The van der Waals surface area contributed by atoms with Crippen molar-refractivity contribution in [2.24, 2.45) is 4.99 Å². The lowest BCUT2D eigenvalue weighted by Crippen LogP contribution is -2.37. The van der Waals surface area contributed by atoms with Gasteiger partial charge in [0.2, 0.25) is 0 Å². The molecule has 0 aliphatic rings. The molecule has 0 amide bonds. The van der Waals surface area contributed by atoms with Crippen LogP contribution in [0, 0.1) is 6.92 Å². The molecule has 0 unspecified atom stereocenters. The molecule has 1 aromatic rings. The average Bonchev–Trinajstić information content (AvgIpc) is 2.47. The first-order valence-electron chi connectivity index (χ1n) is 7.31. The molecule has 5 heteroatoms. The zero-order valence-corrected chi connectivity index (χ0v) is 13.1. The molecule has 1 aromatic carbocycles. The van der Waals surface area contributed by atoms with Crippen LogP contribution >= 0.6 is 0 Å². The standard InChI is InChI=1S/C16H25N3O2/c1-4-21-15(20)9-6-10-18-16(17-3)19-12-14-8-5-7-13(2)11-14/h5,7-8,11H,4,6,9-10,12H2,1-3H3,(H2,17,18,19). The number of guanidine groups is 1. The molecule has 0 saturated carbocycles. The van der Waals surface area contributed by atoms with E-state index in [4.69, 9.17) is 4.74 Å². The maximum atomic E-state index is 11.2. The van der Waals surface area contributed by atoms with Crippen molar-refractivity contribution in [1.29, 1.82) is 0 Å². The number of nitrogens with zero attached hydrogens (tertiary/aromatic N) is 1. The Morgan fingerprint density at radius 2 is 2.14 bits per heavy atom. The van der Waals surface area contributed by atoms with Crippen LogP contribution in [0.25, 0.3) is 0 Å². The fraction of sp³-hybridized carbons (Fsp3) is 0.500. The number of aliphatic imine (C=N–C) groups is 1. The summed E-state index contributed by atoms with van der Waals surface area (Å²) in [4.78, 5) is 15.4. The Balaban J connectivity index is 2.25. The van der Waals surface area contributed by atoms with Gasteiger partial charge in [-0.25, -0.2) is 0 Å². The highest BCUT2D eigenvalue weighted by Crippen LogP contribution is 2.03. The number of esters is 1. The number of carbonyl (C=O) groups is 1. The van der Waals surface area contributed by atoms with E-state index in [2.05, 4.69) is 40.7 Å². The molecule has 116 valence electrons. The molecule has 0 heterocycles. The first kappa shape index (κ1) is 17.0. The minimum absolute atomic E-state index is 0.151. The summed E-state index contributed by atoms with van der Waals surface area (Å²) in [5, 5.41) is 6.43. The minimum atomic E-state index is -0.151. The van der Waals surface area contributed by atoms with E-state index in [1.807, 2.05) is 13.0 Å². The molecule has 0 aliphatic heterocycles. The highest BCUT2D eigenvalue weighted by atomic mass is 16.5. The van der Waals surface area contributed by atoms with Crippen LogP contribution in [0.1, 0.15) is 30.9 Å². The molecule has 2 N–H and O–H groups in total. The maximum Gasteiger partial charge on any atom is 0.305 e. The summed E-state index contributed by atoms with van der Waals surface area (Å²) >= 11 is 0. The summed E-state index contributed by atoms with van der Waals surface area (Å²) in [5.41, 5.74) is 2.45. The molecule has 0 saturated heterocycles. The zero-order chi connectivity index (χ0) is 15.5. The molecule has 21 heavy (non-hydrogen) atoms. The molecule has 1 rings (SSSR count). The van der Waals surface area contributed by atoms with Crippen LogP contribution in [0.3, 0.4) is 0 Å². The number of rotatable bonds is 7. The number of hydrogen-bond donors (Lipinski definition) is 2. The molecule has 5 nitrogen and oxygen atoms in total. The first-order chi connectivity index (χ1) is 10.2. The van der Waals surface area contributed by atoms with Crippen molar-refractivity contribution in [3.63, 3.8) is 0 Å². The summed E-state index contributed by atoms with van der Waals surface area (Å²) in [6.07, 6.45) is 1.15. The Kier molecular flexibility index (Phi) is 7.94. The topological polar surface area (TPSA) is 62.7 Å². The van der Waals surface area contributed by atoms with Gasteiger partial charge in [-0.3, -0.25) is 9.79 Å². The predicted octanol–water partition coefficient (Wildman–Crippen LogP) is 2.00. The van der Waals surface area contributed by atoms with Gasteiger partial charge in [0, 0.05) is 26.6 Å². The molecule has 0 spiro atoms. The van der Waals surface area contributed by atoms with Crippen molar-refractivity contribution in [2.75, 3.05) is 20.2 Å². The number of benzene rings is 1. The van der Waals surface area contributed by atoms with Gasteiger partial charge in [0.1, 0.15) is 0 Å². The van der Waals surface area contributed by atoms with Crippen LogP contribution in [0.15, 0.2) is 29.3 Å². The molecular weight excluding hydrogens is 266 g/mol. The fourth-order valence-electron chi connectivity index (χ4n) is 1.90.